The Labute approximate surface area is 138 Å². The lowest BCUT2D eigenvalue weighted by Crippen LogP contribution is -2.20. The Morgan fingerprint density at radius 2 is 2.17 bits per heavy atom. The summed E-state index contributed by atoms with van der Waals surface area (Å²) in [6.07, 6.45) is 4.82. The summed E-state index contributed by atoms with van der Waals surface area (Å²) in [7, 11) is 0. The van der Waals surface area contributed by atoms with E-state index in [0.29, 0.717) is 36.3 Å². The van der Waals surface area contributed by atoms with E-state index in [1.54, 1.807) is 24.4 Å². The van der Waals surface area contributed by atoms with Gasteiger partial charge in [-0.05, 0) is 35.9 Å². The molecule has 5 nitrogen and oxygen atoms in total. The van der Waals surface area contributed by atoms with Gasteiger partial charge in [0.05, 0.1) is 17.3 Å². The van der Waals surface area contributed by atoms with E-state index in [4.69, 9.17) is 21.1 Å². The van der Waals surface area contributed by atoms with Gasteiger partial charge in [-0.1, -0.05) is 17.7 Å². The smallest absolute Gasteiger partial charge is 0.244 e. The summed E-state index contributed by atoms with van der Waals surface area (Å²) in [5.74, 6) is 0.939. The number of pyridine rings is 1. The largest absolute Gasteiger partial charge is 0.486 e. The van der Waals surface area contributed by atoms with Crippen molar-refractivity contribution >= 4 is 23.6 Å². The Hall–Kier alpha value is -2.53. The lowest BCUT2D eigenvalue weighted by molar-refractivity contribution is -0.116. The molecule has 0 fully saturated rings. The number of benzene rings is 1. The third kappa shape index (κ3) is 4.02. The van der Waals surface area contributed by atoms with Crippen LogP contribution in [-0.2, 0) is 11.3 Å². The minimum Gasteiger partial charge on any atom is -0.486 e. The molecule has 0 atom stereocenters. The predicted molar refractivity (Wildman–Crippen MR) is 87.6 cm³/mol. The van der Waals surface area contributed by atoms with Crippen molar-refractivity contribution in [3.05, 3.63) is 58.9 Å². The summed E-state index contributed by atoms with van der Waals surface area (Å²) in [6, 6.07) is 9.09. The summed E-state index contributed by atoms with van der Waals surface area (Å²) in [4.78, 5) is 16.0. The second-order valence-corrected chi connectivity index (χ2v) is 5.31. The quantitative estimate of drug-likeness (QED) is 0.876. The van der Waals surface area contributed by atoms with Gasteiger partial charge in [-0.15, -0.1) is 0 Å². The van der Waals surface area contributed by atoms with E-state index in [0.717, 1.165) is 11.3 Å². The Kier molecular flexibility index (Phi) is 4.78. The van der Waals surface area contributed by atoms with Crippen LogP contribution < -0.4 is 14.8 Å². The molecule has 3 rings (SSSR count). The number of hydrogen-bond donors (Lipinski definition) is 1. The normalized spacial score (nSPS) is 13.1. The van der Waals surface area contributed by atoms with E-state index in [-0.39, 0.29) is 5.91 Å². The first-order valence-corrected chi connectivity index (χ1v) is 7.55. The van der Waals surface area contributed by atoms with Gasteiger partial charge in [-0.2, -0.15) is 0 Å². The maximum Gasteiger partial charge on any atom is 0.244 e. The molecule has 0 unspecified atom stereocenters. The Morgan fingerprint density at radius 1 is 1.30 bits per heavy atom. The highest BCUT2D eigenvalue weighted by Gasteiger charge is 2.15. The van der Waals surface area contributed by atoms with Crippen LogP contribution in [0.15, 0.2) is 42.6 Å². The maximum absolute atomic E-state index is 11.8. The molecule has 1 N–H and O–H groups in total. The average molecular weight is 331 g/mol. The lowest BCUT2D eigenvalue weighted by atomic mass is 10.1. The molecule has 2 heterocycles. The predicted octanol–water partition coefficient (Wildman–Crippen LogP) is 2.84. The van der Waals surface area contributed by atoms with Crippen molar-refractivity contribution in [2.24, 2.45) is 0 Å². The van der Waals surface area contributed by atoms with E-state index in [2.05, 4.69) is 10.3 Å². The summed E-state index contributed by atoms with van der Waals surface area (Å²) in [6.45, 7) is 1.35. The highest BCUT2D eigenvalue weighted by Crippen LogP contribution is 2.38. The second kappa shape index (κ2) is 7.15. The monoisotopic (exact) mass is 330 g/mol. The molecule has 1 aromatic carbocycles. The van der Waals surface area contributed by atoms with Crippen LogP contribution in [-0.4, -0.2) is 24.1 Å². The van der Waals surface area contributed by atoms with Crippen LogP contribution in [0.2, 0.25) is 5.02 Å². The van der Waals surface area contributed by atoms with E-state index in [1.165, 1.54) is 6.08 Å². The van der Waals surface area contributed by atoms with Gasteiger partial charge in [-0.25, -0.2) is 0 Å². The third-order valence-corrected chi connectivity index (χ3v) is 3.50. The molecule has 6 heteroatoms. The van der Waals surface area contributed by atoms with Gasteiger partial charge in [0.15, 0.2) is 11.5 Å². The van der Waals surface area contributed by atoms with Gasteiger partial charge in [0.2, 0.25) is 5.91 Å². The molecule has 0 saturated carbocycles. The molecule has 118 valence electrons. The Bertz CT molecular complexity index is 732. The van der Waals surface area contributed by atoms with Crippen LogP contribution in [0.5, 0.6) is 11.5 Å². The summed E-state index contributed by atoms with van der Waals surface area (Å²) >= 11 is 6.16. The number of nitrogens with one attached hydrogen (secondary N) is 1. The number of ether oxygens (including phenoxy) is 2. The number of carbonyl (C=O) groups excluding carboxylic acids is 1. The van der Waals surface area contributed by atoms with Crippen molar-refractivity contribution in [2.75, 3.05) is 13.2 Å². The lowest BCUT2D eigenvalue weighted by Gasteiger charge is -2.19. The molecule has 23 heavy (non-hydrogen) atoms. The molecule has 1 aliphatic rings. The summed E-state index contributed by atoms with van der Waals surface area (Å²) in [5, 5.41) is 3.24. The zero-order valence-electron chi connectivity index (χ0n) is 12.3. The zero-order valence-corrected chi connectivity index (χ0v) is 13.0. The van der Waals surface area contributed by atoms with Crippen molar-refractivity contribution < 1.29 is 14.3 Å². The van der Waals surface area contributed by atoms with Gasteiger partial charge in [0.1, 0.15) is 13.2 Å². The second-order valence-electron chi connectivity index (χ2n) is 4.90. The van der Waals surface area contributed by atoms with E-state index >= 15 is 0 Å². The number of halogens is 1. The molecular weight excluding hydrogens is 316 g/mol. The van der Waals surface area contributed by atoms with Crippen LogP contribution in [0.25, 0.3) is 6.08 Å². The fraction of sp³-hybridized carbons (Fsp3) is 0.176. The number of aromatic nitrogens is 1. The van der Waals surface area contributed by atoms with Gasteiger partial charge in [-0.3, -0.25) is 9.78 Å². The van der Waals surface area contributed by atoms with Crippen molar-refractivity contribution in [3.8, 4) is 11.5 Å². The van der Waals surface area contributed by atoms with E-state index in [1.807, 2.05) is 18.2 Å². The Morgan fingerprint density at radius 3 is 3.00 bits per heavy atom. The van der Waals surface area contributed by atoms with Crippen molar-refractivity contribution in [2.45, 2.75) is 6.54 Å². The van der Waals surface area contributed by atoms with E-state index in [9.17, 15) is 4.79 Å². The number of fused-ring (bicyclic) bond motifs is 1. The van der Waals surface area contributed by atoms with E-state index < -0.39 is 0 Å². The molecule has 0 aliphatic carbocycles. The molecule has 0 saturated heterocycles. The standard InChI is InChI=1S/C17H15ClN2O3/c18-14-9-12(10-15-17(14)23-8-7-22-15)4-5-16(21)20-11-13-3-1-2-6-19-13/h1-6,9-10H,7-8,11H2,(H,20,21)/b5-4+. The van der Waals surface area contributed by atoms with Crippen LogP contribution in [0.4, 0.5) is 0 Å². The summed E-state index contributed by atoms with van der Waals surface area (Å²) in [5.41, 5.74) is 1.57. The first-order valence-electron chi connectivity index (χ1n) is 7.17. The summed E-state index contributed by atoms with van der Waals surface area (Å²) < 4.78 is 11.0. The fourth-order valence-corrected chi connectivity index (χ4v) is 2.41. The minimum atomic E-state index is -0.207. The van der Waals surface area contributed by atoms with Crippen molar-refractivity contribution in [3.63, 3.8) is 0 Å². The van der Waals surface area contributed by atoms with Crippen molar-refractivity contribution in [1.29, 1.82) is 0 Å². The van der Waals surface area contributed by atoms with Crippen molar-refractivity contribution in [1.82, 2.24) is 10.3 Å². The number of amides is 1. The SMILES string of the molecule is O=C(/C=C/c1cc(Cl)c2c(c1)OCCO2)NCc1ccccn1. The number of carbonyl (C=O) groups is 1. The van der Waals surface area contributed by atoms with Crippen LogP contribution in [0, 0.1) is 0 Å². The number of hydrogen-bond acceptors (Lipinski definition) is 4. The fourth-order valence-electron chi connectivity index (χ4n) is 2.14. The topological polar surface area (TPSA) is 60.5 Å². The molecule has 0 bridgehead atoms. The molecule has 0 radical (unpaired) electrons. The molecule has 1 aromatic heterocycles. The Balaban J connectivity index is 1.63. The average Bonchev–Trinajstić information content (AvgIpc) is 2.59. The van der Waals surface area contributed by atoms with Gasteiger partial charge < -0.3 is 14.8 Å². The van der Waals surface area contributed by atoms with Crippen LogP contribution in [0.1, 0.15) is 11.3 Å². The van der Waals surface area contributed by atoms with Crippen LogP contribution >= 0.6 is 11.6 Å². The molecular formula is C17H15ClN2O3. The minimum absolute atomic E-state index is 0.207. The first kappa shape index (κ1) is 15.4. The highest BCUT2D eigenvalue weighted by molar-refractivity contribution is 6.32. The zero-order chi connectivity index (χ0) is 16.1. The molecule has 1 amide bonds. The van der Waals surface area contributed by atoms with Gasteiger partial charge in [0, 0.05) is 12.3 Å². The van der Waals surface area contributed by atoms with Gasteiger partial charge in [0.25, 0.3) is 0 Å². The number of nitrogens with zero attached hydrogens (tertiary/aromatic N) is 1. The third-order valence-electron chi connectivity index (χ3n) is 3.22. The highest BCUT2D eigenvalue weighted by atomic mass is 35.5. The maximum atomic E-state index is 11.8. The first-order chi connectivity index (χ1) is 11.2. The van der Waals surface area contributed by atoms with Crippen LogP contribution in [0.3, 0.4) is 0 Å². The molecule has 1 aliphatic heterocycles. The number of rotatable bonds is 4. The molecule has 2 aromatic rings. The van der Waals surface area contributed by atoms with Gasteiger partial charge >= 0.3 is 0 Å². The molecule has 0 spiro atoms.